The lowest BCUT2D eigenvalue weighted by atomic mass is 9.93. The summed E-state index contributed by atoms with van der Waals surface area (Å²) in [5.41, 5.74) is 1.42. The molecule has 0 radical (unpaired) electrons. The zero-order chi connectivity index (χ0) is 13.9. The van der Waals surface area contributed by atoms with Gasteiger partial charge in [0.2, 0.25) is 0 Å². The van der Waals surface area contributed by atoms with Crippen molar-refractivity contribution in [2.24, 2.45) is 0 Å². The molecule has 1 unspecified atom stereocenters. The van der Waals surface area contributed by atoms with Crippen molar-refractivity contribution in [3.8, 4) is 0 Å². The van der Waals surface area contributed by atoms with Crippen LogP contribution in [0.15, 0.2) is 24.3 Å². The van der Waals surface area contributed by atoms with Gasteiger partial charge in [0, 0.05) is 11.6 Å². The van der Waals surface area contributed by atoms with Crippen LogP contribution >= 0.6 is 11.6 Å². The van der Waals surface area contributed by atoms with Crippen molar-refractivity contribution < 1.29 is 0 Å². The monoisotopic (exact) mass is 281 g/mol. The molecule has 1 atom stereocenters. The minimum absolute atomic E-state index is 0.624. The first-order valence-corrected chi connectivity index (χ1v) is 8.11. The Balaban J connectivity index is 2.44. The van der Waals surface area contributed by atoms with Crippen molar-refractivity contribution in [2.45, 2.75) is 58.3 Å². The van der Waals surface area contributed by atoms with Crippen LogP contribution in [0.4, 0.5) is 0 Å². The smallest absolute Gasteiger partial charge is 0.0406 e. The molecule has 0 amide bonds. The van der Waals surface area contributed by atoms with Gasteiger partial charge in [-0.05, 0) is 36.6 Å². The lowest BCUT2D eigenvalue weighted by Crippen LogP contribution is -2.21. The second-order valence-electron chi connectivity index (χ2n) is 5.26. The molecular weight excluding hydrogens is 254 g/mol. The molecule has 0 spiro atoms. The van der Waals surface area contributed by atoms with E-state index in [-0.39, 0.29) is 0 Å². The van der Waals surface area contributed by atoms with Crippen molar-refractivity contribution in [3.05, 3.63) is 34.9 Å². The van der Waals surface area contributed by atoms with Gasteiger partial charge in [0.1, 0.15) is 0 Å². The molecule has 1 aromatic carbocycles. The maximum absolute atomic E-state index is 5.97. The van der Waals surface area contributed by atoms with Crippen LogP contribution in [-0.4, -0.2) is 13.1 Å². The Morgan fingerprint density at radius 1 is 1.00 bits per heavy atom. The largest absolute Gasteiger partial charge is 0.316 e. The Bertz CT molecular complexity index is 321. The number of rotatable bonds is 10. The van der Waals surface area contributed by atoms with E-state index in [0.29, 0.717) is 5.92 Å². The molecule has 1 N–H and O–H groups in total. The summed E-state index contributed by atoms with van der Waals surface area (Å²) < 4.78 is 0. The maximum atomic E-state index is 5.97. The summed E-state index contributed by atoms with van der Waals surface area (Å²) in [6.45, 7) is 6.55. The zero-order valence-electron chi connectivity index (χ0n) is 12.4. The molecule has 0 fully saturated rings. The third-order valence-corrected chi connectivity index (χ3v) is 3.89. The Hall–Kier alpha value is -0.530. The summed E-state index contributed by atoms with van der Waals surface area (Å²) in [6, 6.07) is 8.37. The zero-order valence-corrected chi connectivity index (χ0v) is 13.2. The third kappa shape index (κ3) is 6.98. The van der Waals surface area contributed by atoms with E-state index in [9.17, 15) is 0 Å². The molecule has 0 bridgehead atoms. The third-order valence-electron chi connectivity index (χ3n) is 3.64. The quantitative estimate of drug-likeness (QED) is 0.567. The van der Waals surface area contributed by atoms with Gasteiger partial charge in [-0.2, -0.15) is 0 Å². The summed E-state index contributed by atoms with van der Waals surface area (Å²) in [6.07, 6.45) is 8.04. The van der Waals surface area contributed by atoms with E-state index in [2.05, 4.69) is 31.3 Å². The summed E-state index contributed by atoms with van der Waals surface area (Å²) in [5.74, 6) is 0.624. The molecule has 108 valence electrons. The highest BCUT2D eigenvalue weighted by Gasteiger charge is 2.10. The van der Waals surface area contributed by atoms with Gasteiger partial charge in [0.15, 0.2) is 0 Å². The maximum Gasteiger partial charge on any atom is 0.0406 e. The van der Waals surface area contributed by atoms with Crippen LogP contribution in [-0.2, 0) is 0 Å². The number of hydrogen-bond acceptors (Lipinski definition) is 1. The van der Waals surface area contributed by atoms with Gasteiger partial charge in [0.05, 0.1) is 0 Å². The van der Waals surface area contributed by atoms with Crippen LogP contribution in [0, 0.1) is 0 Å². The highest BCUT2D eigenvalue weighted by atomic mass is 35.5. The van der Waals surface area contributed by atoms with E-state index in [1.54, 1.807) is 0 Å². The normalized spacial score (nSPS) is 12.6. The molecule has 0 aliphatic heterocycles. The van der Waals surface area contributed by atoms with Gasteiger partial charge in [-0.25, -0.2) is 0 Å². The minimum atomic E-state index is 0.624. The summed E-state index contributed by atoms with van der Waals surface area (Å²) >= 11 is 5.97. The van der Waals surface area contributed by atoms with E-state index >= 15 is 0 Å². The summed E-state index contributed by atoms with van der Waals surface area (Å²) in [5, 5.41) is 4.31. The van der Waals surface area contributed by atoms with Crippen molar-refractivity contribution in [2.75, 3.05) is 13.1 Å². The second-order valence-corrected chi connectivity index (χ2v) is 5.70. The van der Waals surface area contributed by atoms with Crippen LogP contribution in [0.2, 0.25) is 5.02 Å². The van der Waals surface area contributed by atoms with Gasteiger partial charge >= 0.3 is 0 Å². The number of nitrogens with one attached hydrogen (secondary N) is 1. The molecule has 0 heterocycles. The van der Waals surface area contributed by atoms with E-state index < -0.39 is 0 Å². The van der Waals surface area contributed by atoms with Gasteiger partial charge in [-0.1, -0.05) is 69.7 Å². The Morgan fingerprint density at radius 3 is 2.32 bits per heavy atom. The SMILES string of the molecule is CCCCCCCC(CNCC)c1ccc(Cl)cc1. The topological polar surface area (TPSA) is 12.0 Å². The van der Waals surface area contributed by atoms with Crippen LogP contribution in [0.25, 0.3) is 0 Å². The number of hydrogen-bond donors (Lipinski definition) is 1. The molecule has 0 saturated carbocycles. The molecular formula is C17H28ClN. The fourth-order valence-electron chi connectivity index (χ4n) is 2.43. The Morgan fingerprint density at radius 2 is 1.68 bits per heavy atom. The fourth-order valence-corrected chi connectivity index (χ4v) is 2.56. The predicted octanol–water partition coefficient (Wildman–Crippen LogP) is 5.39. The van der Waals surface area contributed by atoms with Crippen molar-refractivity contribution >= 4 is 11.6 Å². The second kappa shape index (κ2) is 10.3. The fraction of sp³-hybridized carbons (Fsp3) is 0.647. The first-order valence-electron chi connectivity index (χ1n) is 7.74. The molecule has 0 aromatic heterocycles. The lowest BCUT2D eigenvalue weighted by molar-refractivity contribution is 0.516. The predicted molar refractivity (Wildman–Crippen MR) is 86.1 cm³/mol. The highest BCUT2D eigenvalue weighted by molar-refractivity contribution is 6.30. The van der Waals surface area contributed by atoms with Gasteiger partial charge in [0.25, 0.3) is 0 Å². The Labute approximate surface area is 123 Å². The first-order chi connectivity index (χ1) is 9.27. The minimum Gasteiger partial charge on any atom is -0.316 e. The standard InChI is InChI=1S/C17H28ClN/c1-3-5-6-7-8-9-16(14-19-4-2)15-10-12-17(18)13-11-15/h10-13,16,19H,3-9,14H2,1-2H3. The number of unbranched alkanes of at least 4 members (excludes halogenated alkanes) is 4. The Kier molecular flexibility index (Phi) is 8.94. The van der Waals surface area contributed by atoms with Crippen molar-refractivity contribution in [1.29, 1.82) is 0 Å². The summed E-state index contributed by atoms with van der Waals surface area (Å²) in [7, 11) is 0. The van der Waals surface area contributed by atoms with Crippen LogP contribution in [0.1, 0.15) is 63.9 Å². The van der Waals surface area contributed by atoms with E-state index in [4.69, 9.17) is 11.6 Å². The lowest BCUT2D eigenvalue weighted by Gasteiger charge is -2.18. The number of likely N-dealkylation sites (N-methyl/N-ethyl adjacent to an activating group) is 1. The summed E-state index contributed by atoms with van der Waals surface area (Å²) in [4.78, 5) is 0. The van der Waals surface area contributed by atoms with Crippen molar-refractivity contribution in [3.63, 3.8) is 0 Å². The molecule has 1 rings (SSSR count). The van der Waals surface area contributed by atoms with Gasteiger partial charge in [-0.15, -0.1) is 0 Å². The van der Waals surface area contributed by atoms with Crippen LogP contribution in [0.3, 0.4) is 0 Å². The van der Waals surface area contributed by atoms with Gasteiger partial charge in [-0.3, -0.25) is 0 Å². The van der Waals surface area contributed by atoms with E-state index in [1.165, 1.54) is 44.1 Å². The molecule has 0 saturated heterocycles. The molecule has 1 nitrogen and oxygen atoms in total. The molecule has 1 aromatic rings. The molecule has 0 aliphatic rings. The highest BCUT2D eigenvalue weighted by Crippen LogP contribution is 2.23. The van der Waals surface area contributed by atoms with Crippen LogP contribution < -0.4 is 5.32 Å². The first kappa shape index (κ1) is 16.5. The van der Waals surface area contributed by atoms with Crippen LogP contribution in [0.5, 0.6) is 0 Å². The van der Waals surface area contributed by atoms with Gasteiger partial charge < -0.3 is 5.32 Å². The molecule has 2 heteroatoms. The number of halogens is 1. The average Bonchev–Trinajstić information content (AvgIpc) is 2.43. The van der Waals surface area contributed by atoms with Crippen molar-refractivity contribution in [1.82, 2.24) is 5.32 Å². The molecule has 0 aliphatic carbocycles. The average molecular weight is 282 g/mol. The van der Waals surface area contributed by atoms with E-state index in [1.807, 2.05) is 12.1 Å². The number of benzene rings is 1. The van der Waals surface area contributed by atoms with E-state index in [0.717, 1.165) is 18.1 Å². The molecule has 19 heavy (non-hydrogen) atoms.